The first kappa shape index (κ1) is 17.1. The minimum Gasteiger partial charge on any atom is -0.364 e. The van der Waals surface area contributed by atoms with Crippen LogP contribution in [0.15, 0.2) is 42.6 Å². The predicted octanol–water partition coefficient (Wildman–Crippen LogP) is 4.23. The smallest absolute Gasteiger partial charge is 0.135 e. The third-order valence-electron chi connectivity index (χ3n) is 5.58. The number of hydrogen-bond acceptors (Lipinski definition) is 4. The third-order valence-corrected chi connectivity index (χ3v) is 6.57. The molecule has 0 amide bonds. The third kappa shape index (κ3) is 3.22. The van der Waals surface area contributed by atoms with Crippen LogP contribution in [-0.4, -0.2) is 33.1 Å². The van der Waals surface area contributed by atoms with Crippen LogP contribution < -0.4 is 0 Å². The lowest BCUT2D eigenvalue weighted by Crippen LogP contribution is -2.44. The van der Waals surface area contributed by atoms with Crippen molar-refractivity contribution in [2.24, 2.45) is 0 Å². The summed E-state index contributed by atoms with van der Waals surface area (Å²) in [5, 5.41) is 0. The Bertz CT molecular complexity index is 981. The van der Waals surface area contributed by atoms with E-state index in [1.807, 2.05) is 23.6 Å². The van der Waals surface area contributed by atoms with Gasteiger partial charge in [-0.3, -0.25) is 4.90 Å². The summed E-state index contributed by atoms with van der Waals surface area (Å²) >= 11 is 1.87. The maximum absolute atomic E-state index is 13.7. The summed E-state index contributed by atoms with van der Waals surface area (Å²) in [7, 11) is 0. The second-order valence-corrected chi connectivity index (χ2v) is 8.97. The van der Waals surface area contributed by atoms with Gasteiger partial charge in [-0.05, 0) is 37.6 Å². The van der Waals surface area contributed by atoms with E-state index >= 15 is 0 Å². The Morgan fingerprint density at radius 3 is 3.00 bits per heavy atom. The molecule has 1 saturated heterocycles. The molecule has 0 radical (unpaired) electrons. The highest BCUT2D eigenvalue weighted by Gasteiger charge is 2.43. The number of halogens is 1. The lowest BCUT2D eigenvalue weighted by atomic mass is 10.0. The normalized spacial score (nSPS) is 22.4. The molecule has 1 fully saturated rings. The maximum atomic E-state index is 13.7. The summed E-state index contributed by atoms with van der Waals surface area (Å²) < 4.78 is 22.2. The first-order chi connectivity index (χ1) is 13.1. The highest BCUT2D eigenvalue weighted by Crippen LogP contribution is 2.36. The van der Waals surface area contributed by atoms with Gasteiger partial charge >= 0.3 is 0 Å². The fourth-order valence-electron chi connectivity index (χ4n) is 4.24. The van der Waals surface area contributed by atoms with E-state index in [0.29, 0.717) is 6.61 Å². The molecule has 140 valence electrons. The zero-order valence-electron chi connectivity index (χ0n) is 15.3. The summed E-state index contributed by atoms with van der Waals surface area (Å²) in [6.45, 7) is 6.38. The minimum atomic E-state index is -0.219. The van der Waals surface area contributed by atoms with E-state index in [2.05, 4.69) is 33.5 Å². The molecule has 4 nitrogen and oxygen atoms in total. The molecule has 0 N–H and O–H groups in total. The van der Waals surface area contributed by atoms with Crippen molar-refractivity contribution >= 4 is 11.3 Å². The molecule has 3 aromatic rings. The van der Waals surface area contributed by atoms with Gasteiger partial charge in [0.25, 0.3) is 0 Å². The summed E-state index contributed by atoms with van der Waals surface area (Å²) in [4.78, 5) is 9.76. The molecule has 1 spiro atoms. The molecular formula is C21H22FN3OS. The quantitative estimate of drug-likeness (QED) is 0.678. The van der Waals surface area contributed by atoms with Gasteiger partial charge in [0.15, 0.2) is 0 Å². The van der Waals surface area contributed by atoms with Crippen LogP contribution in [0.4, 0.5) is 4.39 Å². The highest BCUT2D eigenvalue weighted by molar-refractivity contribution is 7.11. The largest absolute Gasteiger partial charge is 0.364 e. The molecule has 5 rings (SSSR count). The van der Waals surface area contributed by atoms with Gasteiger partial charge < -0.3 is 9.30 Å². The average Bonchev–Trinajstić information content (AvgIpc) is 3.35. The van der Waals surface area contributed by atoms with E-state index in [0.717, 1.165) is 49.7 Å². The van der Waals surface area contributed by atoms with E-state index in [9.17, 15) is 4.39 Å². The monoisotopic (exact) mass is 383 g/mol. The Labute approximate surface area is 162 Å². The zero-order valence-corrected chi connectivity index (χ0v) is 16.1. The summed E-state index contributed by atoms with van der Waals surface area (Å²) in [6, 6.07) is 11.2. The second-order valence-electron chi connectivity index (χ2n) is 7.60. The number of ether oxygens (including phenoxy) is 1. The molecule has 1 atom stereocenters. The van der Waals surface area contributed by atoms with Crippen LogP contribution in [0.1, 0.15) is 22.0 Å². The Hall–Kier alpha value is -2.02. The number of benzene rings is 1. The van der Waals surface area contributed by atoms with Crippen LogP contribution in [0.5, 0.6) is 0 Å². The van der Waals surface area contributed by atoms with Gasteiger partial charge in [0, 0.05) is 35.0 Å². The van der Waals surface area contributed by atoms with Crippen LogP contribution in [-0.2, 0) is 24.4 Å². The Balaban J connectivity index is 1.37. The first-order valence-corrected chi connectivity index (χ1v) is 10.1. The lowest BCUT2D eigenvalue weighted by Gasteiger charge is -2.35. The Morgan fingerprint density at radius 2 is 2.19 bits per heavy atom. The molecule has 6 heteroatoms. The van der Waals surface area contributed by atoms with E-state index in [1.165, 1.54) is 15.8 Å². The van der Waals surface area contributed by atoms with E-state index in [-0.39, 0.29) is 11.4 Å². The summed E-state index contributed by atoms with van der Waals surface area (Å²) in [6.07, 6.45) is 2.85. The minimum absolute atomic E-state index is 0.178. The van der Waals surface area contributed by atoms with E-state index in [4.69, 9.17) is 4.74 Å². The first-order valence-electron chi connectivity index (χ1n) is 9.32. The fourth-order valence-corrected chi connectivity index (χ4v) is 5.17. The number of aryl methyl sites for hydroxylation is 1. The molecule has 2 aromatic heterocycles. The highest BCUT2D eigenvalue weighted by atomic mass is 32.1. The van der Waals surface area contributed by atoms with Crippen molar-refractivity contribution < 1.29 is 9.13 Å². The van der Waals surface area contributed by atoms with Crippen molar-refractivity contribution in [2.75, 3.05) is 13.1 Å². The fraction of sp³-hybridized carbons (Fsp3) is 0.381. The zero-order chi connectivity index (χ0) is 18.4. The topological polar surface area (TPSA) is 30.3 Å². The van der Waals surface area contributed by atoms with Gasteiger partial charge in [0.1, 0.15) is 23.8 Å². The number of likely N-dealkylation sites (tertiary alicyclic amines) is 1. The van der Waals surface area contributed by atoms with Crippen LogP contribution in [0.3, 0.4) is 0 Å². The molecular weight excluding hydrogens is 361 g/mol. The van der Waals surface area contributed by atoms with Gasteiger partial charge in [-0.2, -0.15) is 0 Å². The van der Waals surface area contributed by atoms with Crippen molar-refractivity contribution in [1.29, 1.82) is 0 Å². The van der Waals surface area contributed by atoms with E-state index in [1.54, 1.807) is 12.1 Å². The van der Waals surface area contributed by atoms with Gasteiger partial charge in [0.2, 0.25) is 0 Å². The van der Waals surface area contributed by atoms with Crippen LogP contribution in [0.25, 0.3) is 11.3 Å². The molecule has 2 aliphatic rings. The molecule has 0 bridgehead atoms. The van der Waals surface area contributed by atoms with Crippen molar-refractivity contribution in [3.63, 3.8) is 0 Å². The Morgan fingerprint density at radius 1 is 1.26 bits per heavy atom. The van der Waals surface area contributed by atoms with Crippen molar-refractivity contribution in [1.82, 2.24) is 14.5 Å². The summed E-state index contributed by atoms with van der Waals surface area (Å²) in [5.74, 6) is 0.704. The predicted molar refractivity (Wildman–Crippen MR) is 104 cm³/mol. The number of imidazole rings is 1. The van der Waals surface area contributed by atoms with E-state index < -0.39 is 0 Å². The molecule has 4 heterocycles. The number of nitrogens with zero attached hydrogens (tertiary/aromatic N) is 3. The number of thiophene rings is 1. The number of fused-ring (bicyclic) bond motifs is 1. The van der Waals surface area contributed by atoms with Crippen molar-refractivity contribution in [3.05, 3.63) is 64.0 Å². The van der Waals surface area contributed by atoms with Gasteiger partial charge in [-0.1, -0.05) is 12.1 Å². The molecule has 0 aliphatic carbocycles. The SMILES string of the molecule is Cc1ccc(CN2CCC3(C2)Cn2c(-c4cccc(F)c4)cnc2CO3)s1. The lowest BCUT2D eigenvalue weighted by molar-refractivity contribution is -0.0821. The van der Waals surface area contributed by atoms with Crippen LogP contribution in [0, 0.1) is 12.7 Å². The molecule has 1 unspecified atom stereocenters. The average molecular weight is 383 g/mol. The Kier molecular flexibility index (Phi) is 4.15. The maximum Gasteiger partial charge on any atom is 0.135 e. The summed E-state index contributed by atoms with van der Waals surface area (Å²) in [5.41, 5.74) is 1.66. The van der Waals surface area contributed by atoms with Gasteiger partial charge in [-0.15, -0.1) is 11.3 Å². The second kappa shape index (κ2) is 6.55. The van der Waals surface area contributed by atoms with Gasteiger partial charge in [0.05, 0.1) is 18.4 Å². The number of rotatable bonds is 3. The molecule has 2 aliphatic heterocycles. The van der Waals surface area contributed by atoms with Gasteiger partial charge in [-0.25, -0.2) is 9.37 Å². The number of aromatic nitrogens is 2. The van der Waals surface area contributed by atoms with Crippen molar-refractivity contribution in [2.45, 2.75) is 38.6 Å². The molecule has 1 aromatic carbocycles. The molecule has 0 saturated carbocycles. The van der Waals surface area contributed by atoms with Crippen LogP contribution >= 0.6 is 11.3 Å². The number of hydrogen-bond donors (Lipinski definition) is 0. The molecule has 27 heavy (non-hydrogen) atoms. The van der Waals surface area contributed by atoms with Crippen molar-refractivity contribution in [3.8, 4) is 11.3 Å². The van der Waals surface area contributed by atoms with Crippen LogP contribution in [0.2, 0.25) is 0 Å². The standard InChI is InChI=1S/C21H22FN3OS/c1-15-5-6-18(27-15)11-24-8-7-21(13-24)14-25-19(10-23-20(25)12-26-21)16-3-2-4-17(22)9-16/h2-6,9-10H,7-8,11-14H2,1H3.